The summed E-state index contributed by atoms with van der Waals surface area (Å²) in [5.41, 5.74) is 3.71. The minimum Gasteiger partial charge on any atom is -0.497 e. The first kappa shape index (κ1) is 18.6. The second-order valence-electron chi connectivity index (χ2n) is 6.47. The number of hydrogen-bond acceptors (Lipinski definition) is 6. The van der Waals surface area contributed by atoms with Gasteiger partial charge in [-0.05, 0) is 49.2 Å². The number of nitrogens with zero attached hydrogens (tertiary/aromatic N) is 4. The molecule has 0 saturated heterocycles. The Hall–Kier alpha value is -3.74. The molecular formula is C22H22N6O. The van der Waals surface area contributed by atoms with Gasteiger partial charge in [0.05, 0.1) is 18.4 Å². The summed E-state index contributed by atoms with van der Waals surface area (Å²) < 4.78 is 5.26. The van der Waals surface area contributed by atoms with Crippen molar-refractivity contribution in [3.8, 4) is 28.4 Å². The number of aryl methyl sites for hydroxylation is 1. The highest BCUT2D eigenvalue weighted by Crippen LogP contribution is 2.30. The third-order valence-corrected chi connectivity index (χ3v) is 4.52. The van der Waals surface area contributed by atoms with Crippen LogP contribution in [0.3, 0.4) is 0 Å². The van der Waals surface area contributed by atoms with Crippen LogP contribution in [0.5, 0.6) is 5.75 Å². The molecule has 3 heterocycles. The molecular weight excluding hydrogens is 364 g/mol. The van der Waals surface area contributed by atoms with E-state index in [0.29, 0.717) is 5.95 Å². The predicted molar refractivity (Wildman–Crippen MR) is 113 cm³/mol. The topological polar surface area (TPSA) is 88.6 Å². The highest BCUT2D eigenvalue weighted by molar-refractivity contribution is 5.77. The van der Waals surface area contributed by atoms with E-state index >= 15 is 0 Å². The van der Waals surface area contributed by atoms with E-state index in [1.165, 1.54) is 0 Å². The van der Waals surface area contributed by atoms with Crippen LogP contribution in [0, 0.1) is 0 Å². The van der Waals surface area contributed by atoms with Gasteiger partial charge in [-0.1, -0.05) is 6.07 Å². The van der Waals surface area contributed by atoms with Gasteiger partial charge in [-0.25, -0.2) is 15.0 Å². The molecule has 0 fully saturated rings. The zero-order chi connectivity index (χ0) is 19.9. The summed E-state index contributed by atoms with van der Waals surface area (Å²) in [6.07, 6.45) is 8.97. The van der Waals surface area contributed by atoms with Crippen LogP contribution in [-0.4, -0.2) is 38.6 Å². The van der Waals surface area contributed by atoms with E-state index in [2.05, 4.69) is 25.3 Å². The number of aromatic amines is 1. The number of ether oxygens (including phenoxy) is 1. The molecule has 0 saturated carbocycles. The van der Waals surface area contributed by atoms with Gasteiger partial charge in [0.2, 0.25) is 5.95 Å². The van der Waals surface area contributed by atoms with E-state index in [9.17, 15) is 0 Å². The number of aromatic nitrogens is 5. The Balaban J connectivity index is 1.52. The number of nitrogens with one attached hydrogen (secondary N) is 2. The molecule has 29 heavy (non-hydrogen) atoms. The number of imidazole rings is 1. The zero-order valence-corrected chi connectivity index (χ0v) is 16.2. The Morgan fingerprint density at radius 1 is 1.00 bits per heavy atom. The van der Waals surface area contributed by atoms with Gasteiger partial charge in [0, 0.05) is 42.6 Å². The molecule has 0 amide bonds. The molecule has 0 bridgehead atoms. The Morgan fingerprint density at radius 2 is 1.90 bits per heavy atom. The lowest BCUT2D eigenvalue weighted by Crippen LogP contribution is -2.08. The van der Waals surface area contributed by atoms with Crippen LogP contribution in [0.2, 0.25) is 0 Å². The van der Waals surface area contributed by atoms with E-state index in [4.69, 9.17) is 9.72 Å². The van der Waals surface area contributed by atoms with Crippen LogP contribution in [0.25, 0.3) is 22.6 Å². The molecule has 4 rings (SSSR count). The van der Waals surface area contributed by atoms with Crippen LogP contribution >= 0.6 is 0 Å². The van der Waals surface area contributed by atoms with Crippen LogP contribution in [0.15, 0.2) is 67.3 Å². The van der Waals surface area contributed by atoms with Crippen molar-refractivity contribution in [3.63, 3.8) is 0 Å². The quantitative estimate of drug-likeness (QED) is 0.445. The molecule has 2 N–H and O–H groups in total. The Kier molecular flexibility index (Phi) is 5.76. The summed E-state index contributed by atoms with van der Waals surface area (Å²) in [6, 6.07) is 13.8. The van der Waals surface area contributed by atoms with Crippen molar-refractivity contribution in [2.45, 2.75) is 12.8 Å². The first-order valence-corrected chi connectivity index (χ1v) is 9.48. The molecule has 0 unspecified atom stereocenters. The van der Waals surface area contributed by atoms with E-state index < -0.39 is 0 Å². The highest BCUT2D eigenvalue weighted by Gasteiger charge is 2.13. The van der Waals surface area contributed by atoms with E-state index in [-0.39, 0.29) is 0 Å². The maximum Gasteiger partial charge on any atom is 0.223 e. The zero-order valence-electron chi connectivity index (χ0n) is 16.2. The summed E-state index contributed by atoms with van der Waals surface area (Å²) in [4.78, 5) is 21.1. The van der Waals surface area contributed by atoms with Crippen molar-refractivity contribution in [3.05, 3.63) is 72.9 Å². The Bertz CT molecular complexity index is 1030. The number of pyridine rings is 1. The minimum absolute atomic E-state index is 0.590. The number of methoxy groups -OCH3 is 1. The molecule has 0 atom stereocenters. The van der Waals surface area contributed by atoms with E-state index in [1.807, 2.05) is 48.7 Å². The summed E-state index contributed by atoms with van der Waals surface area (Å²) in [7, 11) is 1.65. The third kappa shape index (κ3) is 4.57. The van der Waals surface area contributed by atoms with Crippen LogP contribution in [0.1, 0.15) is 12.1 Å². The fourth-order valence-corrected chi connectivity index (χ4v) is 3.04. The van der Waals surface area contributed by atoms with Crippen molar-refractivity contribution in [1.82, 2.24) is 24.9 Å². The lowest BCUT2D eigenvalue weighted by atomic mass is 10.1. The van der Waals surface area contributed by atoms with E-state index in [1.54, 1.807) is 25.7 Å². The smallest absolute Gasteiger partial charge is 0.223 e. The summed E-state index contributed by atoms with van der Waals surface area (Å²) in [6.45, 7) is 0.763. The SMILES string of the molecule is COc1ccc(-c2nc(NCCCc3ccccn3)ncc2-c2ncc[nH]2)cc1. The van der Waals surface area contributed by atoms with Crippen LogP contribution < -0.4 is 10.1 Å². The normalized spacial score (nSPS) is 10.7. The number of anilines is 1. The van der Waals surface area contributed by atoms with Gasteiger partial charge in [0.25, 0.3) is 0 Å². The van der Waals surface area contributed by atoms with Gasteiger partial charge in [-0.3, -0.25) is 4.98 Å². The lowest BCUT2D eigenvalue weighted by Gasteiger charge is -2.11. The molecule has 0 aliphatic rings. The first-order chi connectivity index (χ1) is 14.3. The molecule has 3 aromatic heterocycles. The van der Waals surface area contributed by atoms with Crippen molar-refractivity contribution in [2.75, 3.05) is 19.0 Å². The van der Waals surface area contributed by atoms with Gasteiger partial charge >= 0.3 is 0 Å². The summed E-state index contributed by atoms with van der Waals surface area (Å²) in [5, 5.41) is 3.31. The monoisotopic (exact) mass is 386 g/mol. The minimum atomic E-state index is 0.590. The largest absolute Gasteiger partial charge is 0.497 e. The van der Waals surface area contributed by atoms with Gasteiger partial charge in [-0.2, -0.15) is 0 Å². The van der Waals surface area contributed by atoms with Crippen LogP contribution in [0.4, 0.5) is 5.95 Å². The number of hydrogen-bond donors (Lipinski definition) is 2. The summed E-state index contributed by atoms with van der Waals surface area (Å²) >= 11 is 0. The van der Waals surface area contributed by atoms with Crippen LogP contribution in [-0.2, 0) is 6.42 Å². The van der Waals surface area contributed by atoms with Crippen molar-refractivity contribution in [1.29, 1.82) is 0 Å². The Morgan fingerprint density at radius 3 is 2.62 bits per heavy atom. The average Bonchev–Trinajstić information content (AvgIpc) is 3.32. The third-order valence-electron chi connectivity index (χ3n) is 4.52. The number of benzene rings is 1. The van der Waals surface area contributed by atoms with Gasteiger partial charge < -0.3 is 15.0 Å². The Labute approximate surface area is 169 Å². The molecule has 1 aromatic carbocycles. The van der Waals surface area contributed by atoms with Crippen molar-refractivity contribution < 1.29 is 4.74 Å². The maximum atomic E-state index is 5.26. The standard InChI is InChI=1S/C22H22N6O/c1-29-18-9-7-16(8-10-18)20-19(21-24-13-14-25-21)15-27-22(28-20)26-12-4-6-17-5-2-3-11-23-17/h2-3,5,7-11,13-15H,4,6,12H2,1H3,(H,24,25)(H,26,27,28). The fourth-order valence-electron chi connectivity index (χ4n) is 3.04. The average molecular weight is 386 g/mol. The molecule has 0 spiro atoms. The first-order valence-electron chi connectivity index (χ1n) is 9.48. The van der Waals surface area contributed by atoms with Gasteiger partial charge in [0.15, 0.2) is 0 Å². The highest BCUT2D eigenvalue weighted by atomic mass is 16.5. The maximum absolute atomic E-state index is 5.26. The number of H-pyrrole nitrogens is 1. The molecule has 7 heteroatoms. The lowest BCUT2D eigenvalue weighted by molar-refractivity contribution is 0.415. The summed E-state index contributed by atoms with van der Waals surface area (Å²) in [5.74, 6) is 2.12. The van der Waals surface area contributed by atoms with Gasteiger partial charge in [-0.15, -0.1) is 0 Å². The second-order valence-corrected chi connectivity index (χ2v) is 6.47. The van der Waals surface area contributed by atoms with E-state index in [0.717, 1.165) is 53.5 Å². The molecule has 4 aromatic rings. The van der Waals surface area contributed by atoms with Crippen molar-refractivity contribution in [2.24, 2.45) is 0 Å². The predicted octanol–water partition coefficient (Wildman–Crippen LogP) is 3.98. The number of rotatable bonds is 8. The second kappa shape index (κ2) is 8.97. The molecule has 146 valence electrons. The molecule has 7 nitrogen and oxygen atoms in total. The fraction of sp³-hybridized carbons (Fsp3) is 0.182. The molecule has 0 aliphatic heterocycles. The molecule has 0 aliphatic carbocycles. The van der Waals surface area contributed by atoms with Crippen molar-refractivity contribution >= 4 is 5.95 Å². The van der Waals surface area contributed by atoms with Gasteiger partial charge in [0.1, 0.15) is 11.6 Å². The molecule has 0 radical (unpaired) electrons.